The number of thiazole rings is 1. The van der Waals surface area contributed by atoms with Gasteiger partial charge < -0.3 is 4.42 Å². The number of aromatic nitrogens is 1. The summed E-state index contributed by atoms with van der Waals surface area (Å²) in [5, 5.41) is 2.81. The van der Waals surface area contributed by atoms with E-state index in [1.807, 2.05) is 36.4 Å². The van der Waals surface area contributed by atoms with Crippen molar-refractivity contribution >= 4 is 11.3 Å². The van der Waals surface area contributed by atoms with Crippen molar-refractivity contribution in [3.63, 3.8) is 0 Å². The summed E-state index contributed by atoms with van der Waals surface area (Å²) in [6.45, 7) is 2.56. The van der Waals surface area contributed by atoms with E-state index in [0.29, 0.717) is 6.54 Å². The van der Waals surface area contributed by atoms with E-state index in [4.69, 9.17) is 4.42 Å². The first-order chi connectivity index (χ1) is 11.0. The van der Waals surface area contributed by atoms with Crippen LogP contribution in [0.25, 0.3) is 10.8 Å². The highest BCUT2D eigenvalue weighted by Crippen LogP contribution is 2.26. The SMILES string of the molecule is CC(c1ccc(F)c(F)c1)N(C)Cc1csc(-c2ccco2)n1. The van der Waals surface area contributed by atoms with E-state index < -0.39 is 11.6 Å². The molecular weight excluding hydrogens is 318 g/mol. The average molecular weight is 334 g/mol. The van der Waals surface area contributed by atoms with E-state index in [1.165, 1.54) is 17.4 Å². The molecule has 0 radical (unpaired) electrons. The second-order valence-electron chi connectivity index (χ2n) is 5.39. The summed E-state index contributed by atoms with van der Waals surface area (Å²) in [5.41, 5.74) is 1.64. The van der Waals surface area contributed by atoms with E-state index >= 15 is 0 Å². The number of benzene rings is 1. The van der Waals surface area contributed by atoms with Crippen LogP contribution in [0.2, 0.25) is 0 Å². The topological polar surface area (TPSA) is 29.3 Å². The van der Waals surface area contributed by atoms with E-state index in [0.717, 1.165) is 28.1 Å². The Morgan fingerprint density at radius 1 is 1.26 bits per heavy atom. The minimum atomic E-state index is -0.828. The van der Waals surface area contributed by atoms with Crippen LogP contribution in [-0.2, 0) is 6.54 Å². The summed E-state index contributed by atoms with van der Waals surface area (Å²) in [6.07, 6.45) is 1.62. The largest absolute Gasteiger partial charge is 0.462 e. The van der Waals surface area contributed by atoms with Gasteiger partial charge in [0.15, 0.2) is 22.4 Å². The predicted molar refractivity (Wildman–Crippen MR) is 86.1 cm³/mol. The lowest BCUT2D eigenvalue weighted by Crippen LogP contribution is -2.22. The number of rotatable bonds is 5. The van der Waals surface area contributed by atoms with Gasteiger partial charge in [-0.2, -0.15) is 0 Å². The molecule has 3 nitrogen and oxygen atoms in total. The van der Waals surface area contributed by atoms with Crippen molar-refractivity contribution < 1.29 is 13.2 Å². The first-order valence-electron chi connectivity index (χ1n) is 7.18. The third kappa shape index (κ3) is 3.48. The van der Waals surface area contributed by atoms with Crippen LogP contribution in [-0.4, -0.2) is 16.9 Å². The number of hydrogen-bond acceptors (Lipinski definition) is 4. The van der Waals surface area contributed by atoms with Crippen molar-refractivity contribution in [2.45, 2.75) is 19.5 Å². The van der Waals surface area contributed by atoms with Crippen LogP contribution >= 0.6 is 11.3 Å². The number of furan rings is 1. The molecule has 0 saturated carbocycles. The molecule has 6 heteroatoms. The Labute approximate surface area is 137 Å². The van der Waals surface area contributed by atoms with Crippen LogP contribution in [0, 0.1) is 11.6 Å². The lowest BCUT2D eigenvalue weighted by molar-refractivity contribution is 0.250. The van der Waals surface area contributed by atoms with Gasteiger partial charge in [0, 0.05) is 18.0 Å². The number of nitrogens with zero attached hydrogens (tertiary/aromatic N) is 2. The van der Waals surface area contributed by atoms with Gasteiger partial charge in [-0.15, -0.1) is 11.3 Å². The standard InChI is InChI=1S/C17H16F2N2OS/c1-11(12-5-6-14(18)15(19)8-12)21(2)9-13-10-23-17(20-13)16-4-3-7-22-16/h3-8,10-11H,9H2,1-2H3. The van der Waals surface area contributed by atoms with Gasteiger partial charge in [0.05, 0.1) is 12.0 Å². The van der Waals surface area contributed by atoms with Gasteiger partial charge in [0.25, 0.3) is 0 Å². The third-order valence-electron chi connectivity index (χ3n) is 3.78. The highest BCUT2D eigenvalue weighted by Gasteiger charge is 2.16. The van der Waals surface area contributed by atoms with Crippen LogP contribution in [0.1, 0.15) is 24.2 Å². The van der Waals surface area contributed by atoms with Crippen LogP contribution in [0.4, 0.5) is 8.78 Å². The Morgan fingerprint density at radius 3 is 2.78 bits per heavy atom. The first kappa shape index (κ1) is 15.8. The molecule has 1 unspecified atom stereocenters. The average Bonchev–Trinajstić information content (AvgIpc) is 3.20. The maximum atomic E-state index is 13.4. The van der Waals surface area contributed by atoms with Crippen molar-refractivity contribution in [2.75, 3.05) is 7.05 Å². The molecule has 0 aliphatic rings. The molecule has 0 amide bonds. The van der Waals surface area contributed by atoms with Gasteiger partial charge >= 0.3 is 0 Å². The monoisotopic (exact) mass is 334 g/mol. The van der Waals surface area contributed by atoms with Gasteiger partial charge in [-0.05, 0) is 43.8 Å². The molecule has 2 heterocycles. The highest BCUT2D eigenvalue weighted by atomic mass is 32.1. The summed E-state index contributed by atoms with van der Waals surface area (Å²) >= 11 is 1.52. The minimum Gasteiger partial charge on any atom is -0.462 e. The second-order valence-corrected chi connectivity index (χ2v) is 6.24. The zero-order valence-corrected chi connectivity index (χ0v) is 13.6. The summed E-state index contributed by atoms with van der Waals surface area (Å²) < 4.78 is 31.8. The molecule has 3 aromatic rings. The predicted octanol–water partition coefficient (Wildman–Crippen LogP) is 4.87. The molecule has 0 saturated heterocycles. The van der Waals surface area contributed by atoms with Crippen molar-refractivity contribution in [2.24, 2.45) is 0 Å². The molecule has 0 spiro atoms. The second kappa shape index (κ2) is 6.60. The van der Waals surface area contributed by atoms with E-state index in [2.05, 4.69) is 4.98 Å². The van der Waals surface area contributed by atoms with Gasteiger partial charge in [-0.3, -0.25) is 4.90 Å². The Hall–Kier alpha value is -2.05. The molecule has 120 valence electrons. The first-order valence-corrected chi connectivity index (χ1v) is 8.06. The summed E-state index contributed by atoms with van der Waals surface area (Å²) in [7, 11) is 1.93. The third-order valence-corrected chi connectivity index (χ3v) is 4.69. The minimum absolute atomic E-state index is 0.0566. The van der Waals surface area contributed by atoms with Crippen molar-refractivity contribution in [1.29, 1.82) is 0 Å². The summed E-state index contributed by atoms with van der Waals surface area (Å²) in [5.74, 6) is -0.903. The van der Waals surface area contributed by atoms with Gasteiger partial charge in [-0.25, -0.2) is 13.8 Å². The zero-order valence-electron chi connectivity index (χ0n) is 12.8. The Balaban J connectivity index is 1.71. The molecule has 1 aromatic carbocycles. The molecule has 1 atom stereocenters. The fraction of sp³-hybridized carbons (Fsp3) is 0.235. The lowest BCUT2D eigenvalue weighted by Gasteiger charge is -2.24. The van der Waals surface area contributed by atoms with Gasteiger partial charge in [0.2, 0.25) is 0 Å². The van der Waals surface area contributed by atoms with Crippen LogP contribution in [0.3, 0.4) is 0 Å². The summed E-state index contributed by atoms with van der Waals surface area (Å²) in [6, 6.07) is 7.65. The summed E-state index contributed by atoms with van der Waals surface area (Å²) in [4.78, 5) is 6.58. The van der Waals surface area contributed by atoms with Crippen LogP contribution in [0.5, 0.6) is 0 Å². The quantitative estimate of drug-likeness (QED) is 0.666. The number of hydrogen-bond donors (Lipinski definition) is 0. The van der Waals surface area contributed by atoms with Crippen molar-refractivity contribution in [1.82, 2.24) is 9.88 Å². The molecular formula is C17H16F2N2OS. The van der Waals surface area contributed by atoms with Crippen LogP contribution < -0.4 is 0 Å². The van der Waals surface area contributed by atoms with Crippen LogP contribution in [0.15, 0.2) is 46.4 Å². The molecule has 0 bridgehead atoms. The molecule has 0 aliphatic heterocycles. The molecule has 0 aliphatic carbocycles. The molecule has 2 aromatic heterocycles. The highest BCUT2D eigenvalue weighted by molar-refractivity contribution is 7.13. The maximum Gasteiger partial charge on any atom is 0.162 e. The molecule has 0 fully saturated rings. The Bertz CT molecular complexity index is 786. The number of halogens is 2. The van der Waals surface area contributed by atoms with E-state index in [1.54, 1.807) is 12.3 Å². The fourth-order valence-electron chi connectivity index (χ4n) is 2.31. The van der Waals surface area contributed by atoms with Gasteiger partial charge in [0.1, 0.15) is 0 Å². The maximum absolute atomic E-state index is 13.4. The van der Waals surface area contributed by atoms with Crippen molar-refractivity contribution in [3.05, 3.63) is 64.9 Å². The van der Waals surface area contributed by atoms with E-state index in [-0.39, 0.29) is 6.04 Å². The molecule has 0 N–H and O–H groups in total. The van der Waals surface area contributed by atoms with E-state index in [9.17, 15) is 8.78 Å². The normalized spacial score (nSPS) is 12.7. The Morgan fingerprint density at radius 2 is 2.09 bits per heavy atom. The zero-order chi connectivity index (χ0) is 16.4. The molecule has 23 heavy (non-hydrogen) atoms. The molecule has 3 rings (SSSR count). The smallest absolute Gasteiger partial charge is 0.162 e. The lowest BCUT2D eigenvalue weighted by atomic mass is 10.1. The Kier molecular flexibility index (Phi) is 4.54. The van der Waals surface area contributed by atoms with Gasteiger partial charge in [-0.1, -0.05) is 6.07 Å². The van der Waals surface area contributed by atoms with Crippen molar-refractivity contribution in [3.8, 4) is 10.8 Å². The fourth-order valence-corrected chi connectivity index (χ4v) is 3.09.